The molecular weight excluding hydrogens is 532 g/mol. The molecule has 38 heavy (non-hydrogen) atoms. The highest BCUT2D eigenvalue weighted by Crippen LogP contribution is 2.33. The number of nitrogens with zero attached hydrogens (tertiary/aromatic N) is 6. The van der Waals surface area contributed by atoms with Crippen molar-refractivity contribution in [1.82, 2.24) is 29.3 Å². The minimum atomic E-state index is -3.67. The van der Waals surface area contributed by atoms with Gasteiger partial charge in [-0.1, -0.05) is 11.6 Å². The summed E-state index contributed by atoms with van der Waals surface area (Å²) >= 11 is 6.70. The Morgan fingerprint density at radius 3 is 2.32 bits per heavy atom. The van der Waals surface area contributed by atoms with Crippen LogP contribution in [0.15, 0.2) is 41.8 Å². The van der Waals surface area contributed by atoms with E-state index in [4.69, 9.17) is 16.3 Å². The molecule has 0 atom stereocenters. The zero-order valence-corrected chi connectivity index (χ0v) is 23.3. The van der Waals surface area contributed by atoms with Gasteiger partial charge in [-0.05, 0) is 45.4 Å². The molecule has 4 rings (SSSR count). The van der Waals surface area contributed by atoms with Crippen LogP contribution in [0.3, 0.4) is 0 Å². The van der Waals surface area contributed by atoms with Gasteiger partial charge in [-0.15, -0.1) is 0 Å². The van der Waals surface area contributed by atoms with Gasteiger partial charge in [0.1, 0.15) is 11.1 Å². The lowest BCUT2D eigenvalue weighted by atomic mass is 10.0. The lowest BCUT2D eigenvalue weighted by Crippen LogP contribution is -2.17. The molecule has 13 heteroatoms. The van der Waals surface area contributed by atoms with Crippen LogP contribution in [0.2, 0.25) is 5.02 Å². The summed E-state index contributed by atoms with van der Waals surface area (Å²) in [6.07, 6.45) is 7.27. The number of carbonyl (C=O) groups excluding carboxylic acids is 2. The number of aryl methyl sites for hydroxylation is 3. The number of benzene rings is 1. The van der Waals surface area contributed by atoms with Gasteiger partial charge in [0.15, 0.2) is 9.84 Å². The second-order valence-corrected chi connectivity index (χ2v) is 11.7. The monoisotopic (exact) mass is 558 g/mol. The normalized spacial score (nSPS) is 11.8. The van der Waals surface area contributed by atoms with Crippen molar-refractivity contribution in [2.24, 2.45) is 7.05 Å². The topological polar surface area (TPSA) is 131 Å². The summed E-state index contributed by atoms with van der Waals surface area (Å²) in [7, 11) is -1.99. The molecule has 0 saturated heterocycles. The lowest BCUT2D eigenvalue weighted by molar-refractivity contribution is 0.0713. The van der Waals surface area contributed by atoms with Crippen molar-refractivity contribution < 1.29 is 22.7 Å². The summed E-state index contributed by atoms with van der Waals surface area (Å²) in [5.74, 6) is -1.32. The number of ketones is 1. The summed E-state index contributed by atoms with van der Waals surface area (Å²) < 4.78 is 35.2. The van der Waals surface area contributed by atoms with Gasteiger partial charge in [0.05, 0.1) is 40.6 Å². The zero-order chi connectivity index (χ0) is 27.9. The Labute approximate surface area is 224 Å². The molecule has 0 aliphatic carbocycles. The van der Waals surface area contributed by atoms with Gasteiger partial charge in [-0.3, -0.25) is 14.2 Å². The molecule has 4 aromatic rings. The van der Waals surface area contributed by atoms with Crippen LogP contribution in [-0.2, 0) is 23.4 Å². The van der Waals surface area contributed by atoms with E-state index in [1.54, 1.807) is 31.0 Å². The molecule has 0 fully saturated rings. The third-order valence-electron chi connectivity index (χ3n) is 5.83. The van der Waals surface area contributed by atoms with Crippen molar-refractivity contribution in [2.75, 3.05) is 6.26 Å². The van der Waals surface area contributed by atoms with Crippen molar-refractivity contribution in [3.63, 3.8) is 0 Å². The Hall–Kier alpha value is -3.77. The lowest BCUT2D eigenvalue weighted by Gasteiger charge is -2.15. The van der Waals surface area contributed by atoms with Crippen LogP contribution in [-0.4, -0.2) is 55.8 Å². The number of aromatic nitrogens is 6. The molecular formula is C25H27ClN6O5S. The number of carbonyl (C=O) groups is 2. The average molecular weight is 559 g/mol. The molecule has 11 nitrogen and oxygen atoms in total. The second kappa shape index (κ2) is 10.2. The summed E-state index contributed by atoms with van der Waals surface area (Å²) in [6.45, 7) is 7.21. The van der Waals surface area contributed by atoms with Crippen molar-refractivity contribution in [3.05, 3.63) is 75.5 Å². The second-order valence-electron chi connectivity index (χ2n) is 9.31. The zero-order valence-electron chi connectivity index (χ0n) is 21.8. The molecule has 0 saturated carbocycles. The minimum Gasteiger partial charge on any atom is -0.403 e. The third kappa shape index (κ3) is 5.27. The van der Waals surface area contributed by atoms with Gasteiger partial charge in [0.25, 0.3) is 0 Å². The SMILES string of the molecule is Cc1cnn(Cc2c(S(C)(=O)=O)ccc(C(=O)c3cnn(C(C)C)c3OC(=O)c3cn(C)nc3C)c2Cl)c1. The highest BCUT2D eigenvalue weighted by atomic mass is 35.5. The molecule has 0 unspecified atom stereocenters. The van der Waals surface area contributed by atoms with Gasteiger partial charge in [0, 0.05) is 36.8 Å². The van der Waals surface area contributed by atoms with E-state index >= 15 is 0 Å². The Morgan fingerprint density at radius 2 is 1.76 bits per heavy atom. The van der Waals surface area contributed by atoms with Crippen molar-refractivity contribution in [3.8, 4) is 5.88 Å². The molecule has 0 N–H and O–H groups in total. The van der Waals surface area contributed by atoms with Gasteiger partial charge >= 0.3 is 5.97 Å². The predicted molar refractivity (Wildman–Crippen MR) is 140 cm³/mol. The molecule has 0 amide bonds. The average Bonchev–Trinajstić information content (AvgIpc) is 3.52. The Bertz CT molecular complexity index is 1660. The first-order chi connectivity index (χ1) is 17.8. The first-order valence-corrected chi connectivity index (χ1v) is 13.9. The smallest absolute Gasteiger partial charge is 0.348 e. The van der Waals surface area contributed by atoms with E-state index in [9.17, 15) is 18.0 Å². The van der Waals surface area contributed by atoms with E-state index in [0.29, 0.717) is 5.69 Å². The maximum atomic E-state index is 13.8. The quantitative estimate of drug-likeness (QED) is 0.237. The van der Waals surface area contributed by atoms with Crippen LogP contribution in [0.1, 0.15) is 63.0 Å². The third-order valence-corrected chi connectivity index (χ3v) is 7.45. The number of esters is 1. The van der Waals surface area contributed by atoms with Crippen LogP contribution < -0.4 is 4.74 Å². The number of hydrogen-bond acceptors (Lipinski definition) is 8. The molecule has 3 aromatic heterocycles. The van der Waals surface area contributed by atoms with E-state index in [0.717, 1.165) is 11.8 Å². The van der Waals surface area contributed by atoms with Crippen LogP contribution in [0, 0.1) is 13.8 Å². The van der Waals surface area contributed by atoms with Crippen molar-refractivity contribution in [2.45, 2.75) is 45.2 Å². The summed E-state index contributed by atoms with van der Waals surface area (Å²) in [5, 5.41) is 12.6. The van der Waals surface area contributed by atoms with Crippen LogP contribution in [0.5, 0.6) is 5.88 Å². The molecule has 0 aliphatic rings. The highest BCUT2D eigenvalue weighted by Gasteiger charge is 2.29. The first-order valence-electron chi connectivity index (χ1n) is 11.6. The number of ether oxygens (including phenoxy) is 1. The van der Waals surface area contributed by atoms with Crippen molar-refractivity contribution in [1.29, 1.82) is 0 Å². The van der Waals surface area contributed by atoms with E-state index in [1.807, 2.05) is 20.8 Å². The van der Waals surface area contributed by atoms with E-state index in [2.05, 4.69) is 15.3 Å². The standard InChI is InChI=1S/C25H27ClN6O5S/c1-14(2)32-24(37-25(34)19-12-30(5)29-16(19)4)18(10-28-32)23(33)17-7-8-21(38(6,35)36)20(22(17)26)13-31-11-15(3)9-27-31/h7-12,14H,13H2,1-6H3. The fourth-order valence-electron chi connectivity index (χ4n) is 4.05. The van der Waals surface area contributed by atoms with Crippen LogP contribution in [0.25, 0.3) is 0 Å². The number of halogens is 1. The molecule has 0 spiro atoms. The first kappa shape index (κ1) is 27.3. The van der Waals surface area contributed by atoms with Gasteiger partial charge in [-0.2, -0.15) is 15.3 Å². The molecule has 0 aliphatic heterocycles. The molecule has 1 aromatic carbocycles. The Morgan fingerprint density at radius 1 is 1.05 bits per heavy atom. The predicted octanol–water partition coefficient (Wildman–Crippen LogP) is 3.57. The van der Waals surface area contributed by atoms with Gasteiger partial charge < -0.3 is 4.74 Å². The van der Waals surface area contributed by atoms with Gasteiger partial charge in [-0.25, -0.2) is 17.9 Å². The highest BCUT2D eigenvalue weighted by molar-refractivity contribution is 7.90. The van der Waals surface area contributed by atoms with Gasteiger partial charge in [0.2, 0.25) is 11.7 Å². The fraction of sp³-hybridized carbons (Fsp3) is 0.320. The molecule has 200 valence electrons. The number of sulfone groups is 1. The minimum absolute atomic E-state index is 0.00322. The van der Waals surface area contributed by atoms with Crippen LogP contribution >= 0.6 is 11.6 Å². The molecule has 3 heterocycles. The molecule has 0 radical (unpaired) electrons. The Balaban J connectivity index is 1.80. The maximum Gasteiger partial charge on any atom is 0.348 e. The van der Waals surface area contributed by atoms with E-state index in [1.165, 1.54) is 33.9 Å². The largest absolute Gasteiger partial charge is 0.403 e. The van der Waals surface area contributed by atoms with E-state index in [-0.39, 0.29) is 50.6 Å². The molecule has 0 bridgehead atoms. The van der Waals surface area contributed by atoms with E-state index < -0.39 is 21.6 Å². The summed E-state index contributed by atoms with van der Waals surface area (Å²) in [6, 6.07) is 2.45. The Kier molecular flexibility index (Phi) is 7.31. The van der Waals surface area contributed by atoms with Crippen LogP contribution in [0.4, 0.5) is 0 Å². The van der Waals surface area contributed by atoms with Crippen molar-refractivity contribution >= 4 is 33.2 Å². The maximum absolute atomic E-state index is 13.8. The summed E-state index contributed by atoms with van der Waals surface area (Å²) in [4.78, 5) is 26.7. The number of hydrogen-bond donors (Lipinski definition) is 0. The number of rotatable bonds is 8. The fourth-order valence-corrected chi connectivity index (χ4v) is 5.35. The summed E-state index contributed by atoms with van der Waals surface area (Å²) in [5.41, 5.74) is 1.86.